The van der Waals surface area contributed by atoms with Gasteiger partial charge in [-0.05, 0) is 30.9 Å². The average Bonchev–Trinajstić information content (AvgIpc) is 2.53. The third-order valence-electron chi connectivity index (χ3n) is 2.64. The van der Waals surface area contributed by atoms with E-state index in [0.717, 1.165) is 24.8 Å². The standard InChI is InChI=1S/C11H16N2/c1-9-3-4-11(12-7-9)13-6-5-10(2)8-13/h3-4,7,10H,5-6,8H2,1-2H3. The van der Waals surface area contributed by atoms with Crippen LogP contribution in [0.5, 0.6) is 0 Å². The predicted molar refractivity (Wildman–Crippen MR) is 55.0 cm³/mol. The molecule has 0 bridgehead atoms. The zero-order chi connectivity index (χ0) is 9.26. The Morgan fingerprint density at radius 3 is 2.85 bits per heavy atom. The molecule has 1 aromatic heterocycles. The number of anilines is 1. The molecule has 0 radical (unpaired) electrons. The second kappa shape index (κ2) is 3.36. The molecule has 1 fully saturated rings. The number of hydrogen-bond donors (Lipinski definition) is 0. The molecule has 0 aromatic carbocycles. The van der Waals surface area contributed by atoms with Gasteiger partial charge in [0.1, 0.15) is 5.82 Å². The fourth-order valence-electron chi connectivity index (χ4n) is 1.79. The van der Waals surface area contributed by atoms with Crippen LogP contribution < -0.4 is 4.90 Å². The minimum Gasteiger partial charge on any atom is -0.356 e. The number of rotatable bonds is 1. The van der Waals surface area contributed by atoms with Gasteiger partial charge in [0.2, 0.25) is 0 Å². The predicted octanol–water partition coefficient (Wildman–Crippen LogP) is 2.24. The number of hydrogen-bond acceptors (Lipinski definition) is 2. The molecule has 0 aliphatic carbocycles. The summed E-state index contributed by atoms with van der Waals surface area (Å²) in [4.78, 5) is 6.79. The molecular weight excluding hydrogens is 160 g/mol. The summed E-state index contributed by atoms with van der Waals surface area (Å²) in [6.45, 7) is 6.70. The van der Waals surface area contributed by atoms with E-state index in [4.69, 9.17) is 0 Å². The Hall–Kier alpha value is -1.05. The molecule has 70 valence electrons. The van der Waals surface area contributed by atoms with Crippen LogP contribution in [-0.4, -0.2) is 18.1 Å². The quantitative estimate of drug-likeness (QED) is 0.652. The highest BCUT2D eigenvalue weighted by molar-refractivity contribution is 5.40. The maximum Gasteiger partial charge on any atom is 0.128 e. The Morgan fingerprint density at radius 1 is 1.46 bits per heavy atom. The van der Waals surface area contributed by atoms with Crippen LogP contribution in [0, 0.1) is 12.8 Å². The van der Waals surface area contributed by atoms with E-state index in [1.54, 1.807) is 0 Å². The van der Waals surface area contributed by atoms with Crippen molar-refractivity contribution in [3.8, 4) is 0 Å². The molecule has 1 aromatic rings. The molecule has 1 saturated heterocycles. The third-order valence-corrected chi connectivity index (χ3v) is 2.64. The highest BCUT2D eigenvalue weighted by atomic mass is 15.2. The van der Waals surface area contributed by atoms with Crippen molar-refractivity contribution in [2.75, 3.05) is 18.0 Å². The fraction of sp³-hybridized carbons (Fsp3) is 0.545. The van der Waals surface area contributed by atoms with Crippen molar-refractivity contribution in [3.63, 3.8) is 0 Å². The van der Waals surface area contributed by atoms with E-state index >= 15 is 0 Å². The molecule has 1 unspecified atom stereocenters. The van der Waals surface area contributed by atoms with E-state index in [-0.39, 0.29) is 0 Å². The molecule has 0 amide bonds. The molecule has 2 heterocycles. The van der Waals surface area contributed by atoms with Gasteiger partial charge >= 0.3 is 0 Å². The van der Waals surface area contributed by atoms with Gasteiger partial charge in [-0.15, -0.1) is 0 Å². The van der Waals surface area contributed by atoms with Crippen molar-refractivity contribution in [2.24, 2.45) is 5.92 Å². The number of pyridine rings is 1. The van der Waals surface area contributed by atoms with Crippen LogP contribution in [0.15, 0.2) is 18.3 Å². The number of aryl methyl sites for hydroxylation is 1. The van der Waals surface area contributed by atoms with Crippen LogP contribution in [0.1, 0.15) is 18.9 Å². The molecule has 2 heteroatoms. The van der Waals surface area contributed by atoms with Crippen LogP contribution in [0.4, 0.5) is 5.82 Å². The molecule has 13 heavy (non-hydrogen) atoms. The van der Waals surface area contributed by atoms with Crippen LogP contribution in [-0.2, 0) is 0 Å². The van der Waals surface area contributed by atoms with Gasteiger partial charge < -0.3 is 4.90 Å². The van der Waals surface area contributed by atoms with E-state index in [0.29, 0.717) is 0 Å². The summed E-state index contributed by atoms with van der Waals surface area (Å²) in [5.41, 5.74) is 1.23. The molecule has 1 aliphatic rings. The van der Waals surface area contributed by atoms with Gasteiger partial charge in [-0.3, -0.25) is 0 Å². The van der Waals surface area contributed by atoms with Crippen LogP contribution in [0.2, 0.25) is 0 Å². The van der Waals surface area contributed by atoms with E-state index < -0.39 is 0 Å². The van der Waals surface area contributed by atoms with Gasteiger partial charge in [0.25, 0.3) is 0 Å². The van der Waals surface area contributed by atoms with Gasteiger partial charge in [-0.2, -0.15) is 0 Å². The summed E-state index contributed by atoms with van der Waals surface area (Å²) in [6.07, 6.45) is 3.24. The smallest absolute Gasteiger partial charge is 0.128 e. The highest BCUT2D eigenvalue weighted by Gasteiger charge is 2.19. The normalized spacial score (nSPS) is 22.3. The van der Waals surface area contributed by atoms with Crippen molar-refractivity contribution in [1.82, 2.24) is 4.98 Å². The Morgan fingerprint density at radius 2 is 2.31 bits per heavy atom. The zero-order valence-electron chi connectivity index (χ0n) is 8.33. The number of aromatic nitrogens is 1. The van der Waals surface area contributed by atoms with Gasteiger partial charge in [0, 0.05) is 19.3 Å². The summed E-state index contributed by atoms with van der Waals surface area (Å²) in [5.74, 6) is 1.96. The Kier molecular flexibility index (Phi) is 2.21. The summed E-state index contributed by atoms with van der Waals surface area (Å²) in [7, 11) is 0. The molecule has 0 saturated carbocycles. The van der Waals surface area contributed by atoms with Crippen LogP contribution in [0.25, 0.3) is 0 Å². The second-order valence-corrected chi connectivity index (χ2v) is 4.03. The minimum absolute atomic E-state index is 0.822. The molecular formula is C11H16N2. The van der Waals surface area contributed by atoms with Gasteiger partial charge in [-0.25, -0.2) is 4.98 Å². The lowest BCUT2D eigenvalue weighted by atomic mass is 10.2. The lowest BCUT2D eigenvalue weighted by molar-refractivity contribution is 0.659. The van der Waals surface area contributed by atoms with Crippen molar-refractivity contribution in [1.29, 1.82) is 0 Å². The summed E-state index contributed by atoms with van der Waals surface area (Å²) in [5, 5.41) is 0. The highest BCUT2D eigenvalue weighted by Crippen LogP contribution is 2.21. The molecule has 2 rings (SSSR count). The van der Waals surface area contributed by atoms with Gasteiger partial charge in [-0.1, -0.05) is 13.0 Å². The van der Waals surface area contributed by atoms with E-state index in [2.05, 4.69) is 35.9 Å². The SMILES string of the molecule is Cc1ccc(N2CCC(C)C2)nc1. The topological polar surface area (TPSA) is 16.1 Å². The molecule has 2 nitrogen and oxygen atoms in total. The average molecular weight is 176 g/mol. The third kappa shape index (κ3) is 1.82. The summed E-state index contributed by atoms with van der Waals surface area (Å²) in [6, 6.07) is 4.25. The molecule has 0 spiro atoms. The van der Waals surface area contributed by atoms with E-state index in [1.807, 2.05) is 6.20 Å². The molecule has 1 aliphatic heterocycles. The van der Waals surface area contributed by atoms with Gasteiger partial charge in [0.05, 0.1) is 0 Å². The Balaban J connectivity index is 2.13. The first-order valence-electron chi connectivity index (χ1n) is 4.93. The Bertz CT molecular complexity index is 279. The van der Waals surface area contributed by atoms with Crippen LogP contribution in [0.3, 0.4) is 0 Å². The second-order valence-electron chi connectivity index (χ2n) is 4.03. The van der Waals surface area contributed by atoms with Gasteiger partial charge in [0.15, 0.2) is 0 Å². The molecule has 1 atom stereocenters. The van der Waals surface area contributed by atoms with Crippen LogP contribution >= 0.6 is 0 Å². The van der Waals surface area contributed by atoms with E-state index in [9.17, 15) is 0 Å². The van der Waals surface area contributed by atoms with Crippen molar-refractivity contribution in [2.45, 2.75) is 20.3 Å². The first-order valence-corrected chi connectivity index (χ1v) is 4.93. The maximum absolute atomic E-state index is 4.42. The van der Waals surface area contributed by atoms with Crippen molar-refractivity contribution >= 4 is 5.82 Å². The minimum atomic E-state index is 0.822. The first kappa shape index (κ1) is 8.54. The summed E-state index contributed by atoms with van der Waals surface area (Å²) < 4.78 is 0. The number of nitrogens with zero attached hydrogens (tertiary/aromatic N) is 2. The lowest BCUT2D eigenvalue weighted by Gasteiger charge is -2.16. The largest absolute Gasteiger partial charge is 0.356 e. The van der Waals surface area contributed by atoms with Crippen molar-refractivity contribution in [3.05, 3.63) is 23.9 Å². The fourth-order valence-corrected chi connectivity index (χ4v) is 1.79. The van der Waals surface area contributed by atoms with E-state index in [1.165, 1.54) is 12.0 Å². The lowest BCUT2D eigenvalue weighted by Crippen LogP contribution is -2.19. The first-order chi connectivity index (χ1) is 6.25. The molecule has 0 N–H and O–H groups in total. The van der Waals surface area contributed by atoms with Crippen molar-refractivity contribution < 1.29 is 0 Å². The summed E-state index contributed by atoms with van der Waals surface area (Å²) >= 11 is 0. The Labute approximate surface area is 79.6 Å². The monoisotopic (exact) mass is 176 g/mol. The maximum atomic E-state index is 4.42. The zero-order valence-corrected chi connectivity index (χ0v) is 8.33.